The summed E-state index contributed by atoms with van der Waals surface area (Å²) in [5, 5.41) is 16.0. The molecule has 1 aliphatic rings. The van der Waals surface area contributed by atoms with E-state index in [2.05, 4.69) is 10.1 Å². The first kappa shape index (κ1) is 17.1. The number of aromatic nitrogens is 3. The Morgan fingerprint density at radius 2 is 2.08 bits per heavy atom. The molecule has 1 aromatic carbocycles. The Bertz CT molecular complexity index is 710. The predicted octanol–water partition coefficient (Wildman–Crippen LogP) is 3.54. The van der Waals surface area contributed by atoms with Crippen molar-refractivity contribution in [3.05, 3.63) is 53.1 Å². The molecule has 1 fully saturated rings. The van der Waals surface area contributed by atoms with E-state index in [0.29, 0.717) is 18.2 Å². The van der Waals surface area contributed by atoms with Crippen molar-refractivity contribution in [2.75, 3.05) is 6.61 Å². The lowest BCUT2D eigenvalue weighted by Gasteiger charge is -2.37. The molecular formula is C18H22ClN3O2. The van der Waals surface area contributed by atoms with Crippen LogP contribution in [0.3, 0.4) is 0 Å². The fourth-order valence-electron chi connectivity index (χ4n) is 3.07. The van der Waals surface area contributed by atoms with E-state index in [1.807, 2.05) is 44.2 Å². The van der Waals surface area contributed by atoms with Crippen LogP contribution in [0.25, 0.3) is 6.08 Å². The third-order valence-electron chi connectivity index (χ3n) is 4.68. The van der Waals surface area contributed by atoms with Gasteiger partial charge in [-0.3, -0.25) is 4.68 Å². The molecule has 0 amide bonds. The monoisotopic (exact) mass is 347 g/mol. The van der Waals surface area contributed by atoms with E-state index < -0.39 is 5.79 Å². The molecule has 2 aromatic rings. The summed E-state index contributed by atoms with van der Waals surface area (Å²) in [5.74, 6) is -1.28. The summed E-state index contributed by atoms with van der Waals surface area (Å²) in [6.07, 6.45) is 6.79. The summed E-state index contributed by atoms with van der Waals surface area (Å²) >= 11 is 5.94. The second-order valence-electron chi connectivity index (χ2n) is 6.76. The lowest BCUT2D eigenvalue weighted by molar-refractivity contribution is -0.227. The molecule has 3 rings (SSSR count). The molecule has 0 bridgehead atoms. The molecule has 0 spiro atoms. The van der Waals surface area contributed by atoms with E-state index in [0.717, 1.165) is 24.0 Å². The van der Waals surface area contributed by atoms with Crippen LogP contribution in [0, 0.1) is 5.41 Å². The van der Waals surface area contributed by atoms with Gasteiger partial charge in [-0.1, -0.05) is 43.7 Å². The quantitative estimate of drug-likeness (QED) is 0.840. The normalized spacial score (nSPS) is 24.6. The van der Waals surface area contributed by atoms with Gasteiger partial charge < -0.3 is 9.84 Å². The van der Waals surface area contributed by atoms with Crippen molar-refractivity contribution in [2.24, 2.45) is 5.41 Å². The lowest BCUT2D eigenvalue weighted by Crippen LogP contribution is -2.44. The largest absolute Gasteiger partial charge is 0.362 e. The van der Waals surface area contributed by atoms with Crippen molar-refractivity contribution in [2.45, 2.75) is 39.0 Å². The van der Waals surface area contributed by atoms with Crippen LogP contribution in [0.4, 0.5) is 0 Å². The summed E-state index contributed by atoms with van der Waals surface area (Å²) < 4.78 is 7.65. The Labute approximate surface area is 146 Å². The highest BCUT2D eigenvalue weighted by molar-refractivity contribution is 6.30. The number of ether oxygens (including phenoxy) is 1. The molecule has 6 heteroatoms. The predicted molar refractivity (Wildman–Crippen MR) is 93.4 cm³/mol. The van der Waals surface area contributed by atoms with Gasteiger partial charge in [0.25, 0.3) is 0 Å². The maximum atomic E-state index is 11.3. The Kier molecular flexibility index (Phi) is 4.76. The zero-order valence-electron chi connectivity index (χ0n) is 13.9. The van der Waals surface area contributed by atoms with Crippen LogP contribution in [0.15, 0.2) is 42.5 Å². The van der Waals surface area contributed by atoms with Crippen LogP contribution >= 0.6 is 11.6 Å². The second-order valence-corrected chi connectivity index (χ2v) is 7.19. The van der Waals surface area contributed by atoms with E-state index in [-0.39, 0.29) is 5.41 Å². The molecule has 0 radical (unpaired) electrons. The number of rotatable bonds is 5. The van der Waals surface area contributed by atoms with E-state index in [9.17, 15) is 5.11 Å². The van der Waals surface area contributed by atoms with Gasteiger partial charge in [-0.25, -0.2) is 4.98 Å². The minimum absolute atomic E-state index is 0.354. The van der Waals surface area contributed by atoms with E-state index >= 15 is 0 Å². The minimum Gasteiger partial charge on any atom is -0.362 e. The van der Waals surface area contributed by atoms with Crippen LogP contribution < -0.4 is 0 Å². The number of hydrogen-bond acceptors (Lipinski definition) is 4. The van der Waals surface area contributed by atoms with E-state index in [1.165, 1.54) is 6.33 Å². The molecule has 24 heavy (non-hydrogen) atoms. The van der Waals surface area contributed by atoms with Crippen molar-refractivity contribution in [3.8, 4) is 0 Å². The molecule has 0 aliphatic heterocycles. The molecule has 1 atom stereocenters. The standard InChI is InChI=1S/C18H22ClN3O2/c1-17(2)8-7-15(11-14-3-5-16(19)6-4-14)18(17,23)24-10-9-22-13-20-12-21-22/h3-6,11-13,23H,7-10H2,1-2H3/b15-11+. The van der Waals surface area contributed by atoms with Gasteiger partial charge in [0.2, 0.25) is 0 Å². The van der Waals surface area contributed by atoms with Crippen LogP contribution in [-0.4, -0.2) is 32.3 Å². The van der Waals surface area contributed by atoms with Gasteiger partial charge in [-0.05, 0) is 36.1 Å². The molecule has 1 aromatic heterocycles. The Morgan fingerprint density at radius 3 is 2.75 bits per heavy atom. The second kappa shape index (κ2) is 6.67. The molecule has 5 nitrogen and oxygen atoms in total. The summed E-state index contributed by atoms with van der Waals surface area (Å²) in [5.41, 5.74) is 1.55. The Hall–Kier alpha value is -1.69. The Morgan fingerprint density at radius 1 is 1.33 bits per heavy atom. The highest BCUT2D eigenvalue weighted by Crippen LogP contribution is 2.50. The van der Waals surface area contributed by atoms with Gasteiger partial charge in [-0.2, -0.15) is 5.10 Å². The van der Waals surface area contributed by atoms with Crippen molar-refractivity contribution in [1.82, 2.24) is 14.8 Å². The lowest BCUT2D eigenvalue weighted by atomic mass is 9.84. The third-order valence-corrected chi connectivity index (χ3v) is 4.93. The molecule has 1 unspecified atom stereocenters. The summed E-state index contributed by atoms with van der Waals surface area (Å²) in [6, 6.07) is 7.57. The average molecular weight is 348 g/mol. The van der Waals surface area contributed by atoms with Crippen molar-refractivity contribution in [1.29, 1.82) is 0 Å². The molecular weight excluding hydrogens is 326 g/mol. The van der Waals surface area contributed by atoms with Crippen LogP contribution in [0.5, 0.6) is 0 Å². The van der Waals surface area contributed by atoms with Crippen molar-refractivity contribution < 1.29 is 9.84 Å². The zero-order valence-corrected chi connectivity index (χ0v) is 14.7. The smallest absolute Gasteiger partial charge is 0.193 e. The van der Waals surface area contributed by atoms with Gasteiger partial charge in [-0.15, -0.1) is 0 Å². The van der Waals surface area contributed by atoms with Crippen LogP contribution in [-0.2, 0) is 11.3 Å². The first-order chi connectivity index (χ1) is 11.4. The maximum Gasteiger partial charge on any atom is 0.193 e. The molecule has 0 saturated heterocycles. The number of aliphatic hydroxyl groups is 1. The maximum absolute atomic E-state index is 11.3. The minimum atomic E-state index is -1.28. The van der Waals surface area contributed by atoms with Gasteiger partial charge in [0.15, 0.2) is 5.79 Å². The number of halogens is 1. The highest BCUT2D eigenvalue weighted by atomic mass is 35.5. The van der Waals surface area contributed by atoms with Gasteiger partial charge in [0.1, 0.15) is 12.7 Å². The van der Waals surface area contributed by atoms with Gasteiger partial charge >= 0.3 is 0 Å². The SMILES string of the molecule is CC1(C)CC/C(=C\c2ccc(Cl)cc2)C1(O)OCCn1cncn1. The van der Waals surface area contributed by atoms with Crippen LogP contribution in [0.2, 0.25) is 5.02 Å². The van der Waals surface area contributed by atoms with E-state index in [4.69, 9.17) is 16.3 Å². The molecule has 1 saturated carbocycles. The fraction of sp³-hybridized carbons (Fsp3) is 0.444. The molecule has 1 heterocycles. The molecule has 1 N–H and O–H groups in total. The summed E-state index contributed by atoms with van der Waals surface area (Å²) in [4.78, 5) is 3.91. The first-order valence-electron chi connectivity index (χ1n) is 8.06. The van der Waals surface area contributed by atoms with Crippen molar-refractivity contribution >= 4 is 17.7 Å². The van der Waals surface area contributed by atoms with Crippen LogP contribution in [0.1, 0.15) is 32.3 Å². The van der Waals surface area contributed by atoms with Gasteiger partial charge in [0.05, 0.1) is 13.2 Å². The summed E-state index contributed by atoms with van der Waals surface area (Å²) in [6.45, 7) is 4.98. The average Bonchev–Trinajstić information content (AvgIpc) is 3.12. The highest BCUT2D eigenvalue weighted by Gasteiger charge is 2.52. The number of hydrogen-bond donors (Lipinski definition) is 1. The zero-order chi connectivity index (χ0) is 17.2. The third kappa shape index (κ3) is 3.38. The molecule has 128 valence electrons. The molecule has 1 aliphatic carbocycles. The van der Waals surface area contributed by atoms with Crippen molar-refractivity contribution in [3.63, 3.8) is 0 Å². The van der Waals surface area contributed by atoms with E-state index in [1.54, 1.807) is 11.0 Å². The van der Waals surface area contributed by atoms with Gasteiger partial charge in [0, 0.05) is 10.4 Å². The fourth-order valence-corrected chi connectivity index (χ4v) is 3.20. The number of benzene rings is 1. The topological polar surface area (TPSA) is 60.2 Å². The Balaban J connectivity index is 1.78. The first-order valence-corrected chi connectivity index (χ1v) is 8.44. The summed E-state index contributed by atoms with van der Waals surface area (Å²) in [7, 11) is 0. The number of nitrogens with zero attached hydrogens (tertiary/aromatic N) is 3.